The molecule has 0 aromatic rings. The molecular weight excluding hydrogens is 102 g/mol. The molecule has 0 unspecified atom stereocenters. The van der Waals surface area contributed by atoms with Crippen LogP contribution in [0.5, 0.6) is 0 Å². The van der Waals surface area contributed by atoms with Crippen LogP contribution in [0.4, 0.5) is 0 Å². The van der Waals surface area contributed by atoms with E-state index in [1.54, 1.807) is 7.05 Å². The van der Waals surface area contributed by atoms with Crippen LogP contribution in [0.15, 0.2) is 11.3 Å². The van der Waals surface area contributed by atoms with Crippen LogP contribution in [0.1, 0.15) is 20.8 Å². The van der Waals surface area contributed by atoms with Crippen molar-refractivity contribution in [3.63, 3.8) is 0 Å². The van der Waals surface area contributed by atoms with Crippen LogP contribution in [0, 0.1) is 0 Å². The summed E-state index contributed by atoms with van der Waals surface area (Å²) in [4.78, 5) is 4.93. The van der Waals surface area contributed by atoms with Gasteiger partial charge in [-0.05, 0) is 26.3 Å². The monoisotopic (exact) mass is 115 g/mol. The first kappa shape index (κ1) is 7.50. The summed E-state index contributed by atoms with van der Waals surface area (Å²) in [5.41, 5.74) is 3.78. The number of hydroxylamine groups is 1. The number of allylic oxidation sites excluding steroid dienone is 2. The Balaban J connectivity index is 3.62. The molecule has 0 saturated heterocycles. The average Bonchev–Trinajstić information content (AvgIpc) is 1.67. The van der Waals surface area contributed by atoms with Gasteiger partial charge in [-0.15, -0.1) is 0 Å². The second-order valence-electron chi connectivity index (χ2n) is 1.86. The minimum absolute atomic E-state index is 0.938. The van der Waals surface area contributed by atoms with E-state index >= 15 is 0 Å². The fourth-order valence-electron chi connectivity index (χ4n) is 0.255. The highest BCUT2D eigenvalue weighted by atomic mass is 16.6. The van der Waals surface area contributed by atoms with Crippen molar-refractivity contribution in [2.45, 2.75) is 20.8 Å². The molecule has 0 radical (unpaired) electrons. The van der Waals surface area contributed by atoms with E-state index in [9.17, 15) is 0 Å². The van der Waals surface area contributed by atoms with E-state index in [0.29, 0.717) is 0 Å². The van der Waals surface area contributed by atoms with Crippen LogP contribution < -0.4 is 5.48 Å². The Hall–Kier alpha value is -0.500. The average molecular weight is 115 g/mol. The van der Waals surface area contributed by atoms with Crippen LogP contribution in [-0.2, 0) is 4.84 Å². The van der Waals surface area contributed by atoms with Crippen molar-refractivity contribution in [2.24, 2.45) is 0 Å². The number of hydrogen-bond acceptors (Lipinski definition) is 2. The molecule has 0 aromatic heterocycles. The van der Waals surface area contributed by atoms with Gasteiger partial charge in [-0.2, -0.15) is 5.48 Å². The summed E-state index contributed by atoms with van der Waals surface area (Å²) in [7, 11) is 1.74. The van der Waals surface area contributed by atoms with Crippen LogP contribution in [0.2, 0.25) is 0 Å². The van der Waals surface area contributed by atoms with Gasteiger partial charge in [0.25, 0.3) is 0 Å². The highest BCUT2D eigenvalue weighted by Gasteiger charge is 1.87. The molecule has 2 heteroatoms. The lowest BCUT2D eigenvalue weighted by Gasteiger charge is -2.02. The van der Waals surface area contributed by atoms with Crippen LogP contribution >= 0.6 is 0 Å². The van der Waals surface area contributed by atoms with E-state index in [0.717, 1.165) is 5.76 Å². The van der Waals surface area contributed by atoms with Gasteiger partial charge in [-0.1, -0.05) is 0 Å². The van der Waals surface area contributed by atoms with Gasteiger partial charge < -0.3 is 4.84 Å². The summed E-state index contributed by atoms with van der Waals surface area (Å²) in [5, 5.41) is 0. The number of rotatable bonds is 2. The Kier molecular flexibility index (Phi) is 3.28. The molecule has 2 nitrogen and oxygen atoms in total. The Morgan fingerprint density at radius 1 is 1.25 bits per heavy atom. The maximum Gasteiger partial charge on any atom is 0.119 e. The largest absolute Gasteiger partial charge is 0.414 e. The third-order valence-electron chi connectivity index (χ3n) is 0.959. The molecule has 0 aromatic carbocycles. The first-order valence-corrected chi connectivity index (χ1v) is 2.66. The van der Waals surface area contributed by atoms with Crippen molar-refractivity contribution in [3.05, 3.63) is 11.3 Å². The van der Waals surface area contributed by atoms with E-state index in [2.05, 4.69) is 5.48 Å². The number of hydrogen-bond donors (Lipinski definition) is 1. The topological polar surface area (TPSA) is 21.3 Å². The zero-order valence-electron chi connectivity index (χ0n) is 5.91. The van der Waals surface area contributed by atoms with Gasteiger partial charge in [-0.25, -0.2) is 0 Å². The summed E-state index contributed by atoms with van der Waals surface area (Å²) >= 11 is 0. The van der Waals surface area contributed by atoms with Crippen molar-refractivity contribution < 1.29 is 4.84 Å². The third-order valence-corrected chi connectivity index (χ3v) is 0.959. The van der Waals surface area contributed by atoms with E-state index in [1.807, 2.05) is 20.8 Å². The summed E-state index contributed by atoms with van der Waals surface area (Å²) in [5.74, 6) is 0.938. The van der Waals surface area contributed by atoms with Crippen LogP contribution in [-0.4, -0.2) is 7.05 Å². The Bertz CT molecular complexity index is 92.7. The van der Waals surface area contributed by atoms with Crippen LogP contribution in [0.3, 0.4) is 0 Å². The second-order valence-corrected chi connectivity index (χ2v) is 1.86. The van der Waals surface area contributed by atoms with Crippen molar-refractivity contribution in [3.8, 4) is 0 Å². The van der Waals surface area contributed by atoms with Gasteiger partial charge >= 0.3 is 0 Å². The fraction of sp³-hybridized carbons (Fsp3) is 0.667. The Morgan fingerprint density at radius 2 is 1.75 bits per heavy atom. The molecule has 0 fully saturated rings. The smallest absolute Gasteiger partial charge is 0.119 e. The molecule has 0 aliphatic heterocycles. The quantitative estimate of drug-likeness (QED) is 0.434. The SMILES string of the molecule is CNOC(C)=C(C)C. The molecule has 0 saturated carbocycles. The normalized spacial score (nSPS) is 8.50. The minimum Gasteiger partial charge on any atom is -0.414 e. The lowest BCUT2D eigenvalue weighted by atomic mass is 10.3. The van der Waals surface area contributed by atoms with E-state index in [1.165, 1.54) is 5.57 Å². The van der Waals surface area contributed by atoms with Gasteiger partial charge in [0.15, 0.2) is 0 Å². The standard InChI is InChI=1S/C6H13NO/c1-5(2)6(3)8-7-4/h7H,1-4H3. The fourth-order valence-corrected chi connectivity index (χ4v) is 0.255. The molecule has 0 aliphatic rings. The zero-order valence-corrected chi connectivity index (χ0v) is 5.91. The molecule has 0 atom stereocenters. The van der Waals surface area contributed by atoms with Gasteiger partial charge in [0.2, 0.25) is 0 Å². The van der Waals surface area contributed by atoms with Crippen molar-refractivity contribution in [1.82, 2.24) is 5.48 Å². The minimum atomic E-state index is 0.938. The van der Waals surface area contributed by atoms with Crippen LogP contribution in [0.25, 0.3) is 0 Å². The maximum absolute atomic E-state index is 4.93. The number of nitrogens with one attached hydrogen (secondary N) is 1. The summed E-state index contributed by atoms with van der Waals surface area (Å²) in [6.07, 6.45) is 0. The molecule has 0 heterocycles. The molecule has 0 rings (SSSR count). The first-order valence-electron chi connectivity index (χ1n) is 2.66. The lowest BCUT2D eigenvalue weighted by molar-refractivity contribution is 0.125. The predicted molar refractivity (Wildman–Crippen MR) is 34.2 cm³/mol. The third kappa shape index (κ3) is 2.64. The molecule has 8 heavy (non-hydrogen) atoms. The Morgan fingerprint density at radius 3 is 1.88 bits per heavy atom. The van der Waals surface area contributed by atoms with Crippen molar-refractivity contribution in [1.29, 1.82) is 0 Å². The van der Waals surface area contributed by atoms with Crippen molar-refractivity contribution >= 4 is 0 Å². The predicted octanol–water partition coefficient (Wildman–Crippen LogP) is 1.45. The zero-order chi connectivity index (χ0) is 6.57. The highest BCUT2D eigenvalue weighted by molar-refractivity contribution is 4.98. The van der Waals surface area contributed by atoms with Gasteiger partial charge in [-0.3, -0.25) is 0 Å². The lowest BCUT2D eigenvalue weighted by Crippen LogP contribution is -2.05. The van der Waals surface area contributed by atoms with E-state index < -0.39 is 0 Å². The summed E-state index contributed by atoms with van der Waals surface area (Å²) in [6.45, 7) is 5.94. The summed E-state index contributed by atoms with van der Waals surface area (Å²) < 4.78 is 0. The molecule has 0 amide bonds. The highest BCUT2D eigenvalue weighted by Crippen LogP contribution is 1.99. The van der Waals surface area contributed by atoms with Gasteiger partial charge in [0.1, 0.15) is 5.76 Å². The van der Waals surface area contributed by atoms with Gasteiger partial charge in [0, 0.05) is 7.05 Å². The molecule has 48 valence electrons. The molecule has 0 spiro atoms. The molecule has 0 bridgehead atoms. The maximum atomic E-state index is 4.93. The van der Waals surface area contributed by atoms with Crippen molar-refractivity contribution in [2.75, 3.05) is 7.05 Å². The van der Waals surface area contributed by atoms with E-state index in [-0.39, 0.29) is 0 Å². The van der Waals surface area contributed by atoms with Gasteiger partial charge in [0.05, 0.1) is 0 Å². The molecule has 1 N–H and O–H groups in total. The Labute approximate surface area is 50.5 Å². The molecular formula is C6H13NO. The van der Waals surface area contributed by atoms with E-state index in [4.69, 9.17) is 4.84 Å². The second kappa shape index (κ2) is 3.50. The summed E-state index contributed by atoms with van der Waals surface area (Å²) in [6, 6.07) is 0. The first-order chi connectivity index (χ1) is 3.68. The molecule has 0 aliphatic carbocycles.